The van der Waals surface area contributed by atoms with E-state index in [1.807, 2.05) is 6.08 Å². The molecule has 1 heteroatoms. The monoisotopic (exact) mass is 140 g/mol. The van der Waals surface area contributed by atoms with Crippen LogP contribution >= 0.6 is 0 Å². The van der Waals surface area contributed by atoms with E-state index in [0.717, 1.165) is 12.8 Å². The molecule has 0 amide bonds. The lowest BCUT2D eigenvalue weighted by molar-refractivity contribution is 0.289. The fraction of sp³-hybridized carbons (Fsp3) is 0.556. The predicted octanol–water partition coefficient (Wildman–Crippen LogP) is 2.28. The molecule has 0 aliphatic rings. The highest BCUT2D eigenvalue weighted by Crippen LogP contribution is 1.92. The lowest BCUT2D eigenvalue weighted by Gasteiger charge is -1.86. The maximum absolute atomic E-state index is 8.43. The van der Waals surface area contributed by atoms with Gasteiger partial charge < -0.3 is 5.11 Å². The van der Waals surface area contributed by atoms with Crippen molar-refractivity contribution in [1.29, 1.82) is 0 Å². The Labute approximate surface area is 63.1 Å². The van der Waals surface area contributed by atoms with Crippen molar-refractivity contribution in [3.05, 3.63) is 23.8 Å². The lowest BCUT2D eigenvalue weighted by Crippen LogP contribution is -1.77. The molecule has 1 N–H and O–H groups in total. The minimum absolute atomic E-state index is 0.291. The Balaban J connectivity index is 3.29. The zero-order chi connectivity index (χ0) is 7.82. The average Bonchev–Trinajstić information content (AvgIpc) is 1.87. The van der Waals surface area contributed by atoms with E-state index in [1.165, 1.54) is 5.57 Å². The molecule has 0 aromatic rings. The van der Waals surface area contributed by atoms with Gasteiger partial charge in [-0.2, -0.15) is 0 Å². The molecule has 0 aliphatic heterocycles. The first kappa shape index (κ1) is 9.44. The highest BCUT2D eigenvalue weighted by molar-refractivity contribution is 5.07. The molecule has 0 aliphatic carbocycles. The second-order valence-electron chi connectivity index (χ2n) is 2.54. The molecule has 0 spiro atoms. The van der Waals surface area contributed by atoms with E-state index in [1.54, 1.807) is 0 Å². The van der Waals surface area contributed by atoms with Crippen LogP contribution in [0.5, 0.6) is 0 Å². The van der Waals surface area contributed by atoms with Gasteiger partial charge in [0.2, 0.25) is 0 Å². The Hall–Kier alpha value is -0.560. The number of hydrogen-bond donors (Lipinski definition) is 1. The van der Waals surface area contributed by atoms with Crippen molar-refractivity contribution >= 4 is 0 Å². The summed E-state index contributed by atoms with van der Waals surface area (Å²) in [4.78, 5) is 0. The number of aliphatic hydroxyl groups excluding tert-OH is 1. The normalized spacial score (nSPS) is 10.3. The fourth-order valence-corrected chi connectivity index (χ4v) is 0.566. The molecular formula is C9H16O. The van der Waals surface area contributed by atoms with Crippen LogP contribution in [0.4, 0.5) is 0 Å². The first-order valence-electron chi connectivity index (χ1n) is 3.68. The summed E-state index contributed by atoms with van der Waals surface area (Å²) in [7, 11) is 0. The molecule has 0 atom stereocenters. The highest BCUT2D eigenvalue weighted by Gasteiger charge is 1.76. The predicted molar refractivity (Wildman–Crippen MR) is 44.9 cm³/mol. The zero-order valence-electron chi connectivity index (χ0n) is 6.80. The molecule has 0 rings (SSSR count). The maximum atomic E-state index is 8.43. The molecule has 0 aromatic heterocycles. The zero-order valence-corrected chi connectivity index (χ0v) is 6.80. The summed E-state index contributed by atoms with van der Waals surface area (Å²) in [5, 5.41) is 8.43. The Bertz CT molecular complexity index is 119. The van der Waals surface area contributed by atoms with Crippen LogP contribution in [-0.2, 0) is 0 Å². The van der Waals surface area contributed by atoms with E-state index in [2.05, 4.69) is 26.0 Å². The number of unbranched alkanes of at least 4 members (excludes halogenated alkanes) is 1. The van der Waals surface area contributed by atoms with Gasteiger partial charge in [0.15, 0.2) is 0 Å². The minimum atomic E-state index is 0.291. The largest absolute Gasteiger partial charge is 0.396 e. The second-order valence-corrected chi connectivity index (χ2v) is 2.54. The summed E-state index contributed by atoms with van der Waals surface area (Å²) in [5.74, 6) is 0. The summed E-state index contributed by atoms with van der Waals surface area (Å²) in [6, 6.07) is 0. The third-order valence-electron chi connectivity index (χ3n) is 1.09. The summed E-state index contributed by atoms with van der Waals surface area (Å²) in [6.07, 6.45) is 8.01. The number of allylic oxidation sites excluding steroid dienone is 4. The highest BCUT2D eigenvalue weighted by atomic mass is 16.2. The maximum Gasteiger partial charge on any atom is 0.0433 e. The molecule has 0 unspecified atom stereocenters. The summed E-state index contributed by atoms with van der Waals surface area (Å²) < 4.78 is 0. The van der Waals surface area contributed by atoms with Gasteiger partial charge in [-0.25, -0.2) is 0 Å². The third-order valence-corrected chi connectivity index (χ3v) is 1.09. The van der Waals surface area contributed by atoms with Crippen LogP contribution in [0, 0.1) is 0 Å². The molecule has 1 nitrogen and oxygen atoms in total. The van der Waals surface area contributed by atoms with Gasteiger partial charge in [-0.1, -0.05) is 23.8 Å². The van der Waals surface area contributed by atoms with Crippen molar-refractivity contribution in [1.82, 2.24) is 0 Å². The molecule has 0 radical (unpaired) electrons. The van der Waals surface area contributed by atoms with Gasteiger partial charge in [-0.3, -0.25) is 0 Å². The SMILES string of the molecule is CC(C)=C/C=C/CCCO. The lowest BCUT2D eigenvalue weighted by atomic mass is 10.2. The molecule has 0 saturated heterocycles. The Morgan fingerprint density at radius 2 is 2.10 bits per heavy atom. The second kappa shape index (κ2) is 6.56. The van der Waals surface area contributed by atoms with Crippen LogP contribution in [0.25, 0.3) is 0 Å². The van der Waals surface area contributed by atoms with Gasteiger partial charge >= 0.3 is 0 Å². The van der Waals surface area contributed by atoms with Crippen LogP contribution in [0.3, 0.4) is 0 Å². The summed E-state index contributed by atoms with van der Waals surface area (Å²) in [6.45, 7) is 4.42. The molecule has 10 heavy (non-hydrogen) atoms. The molecule has 58 valence electrons. The van der Waals surface area contributed by atoms with Crippen molar-refractivity contribution in [2.24, 2.45) is 0 Å². The molecule has 0 fully saturated rings. The Kier molecular flexibility index (Phi) is 6.19. The van der Waals surface area contributed by atoms with Gasteiger partial charge in [0.25, 0.3) is 0 Å². The minimum Gasteiger partial charge on any atom is -0.396 e. The van der Waals surface area contributed by atoms with Gasteiger partial charge in [0.05, 0.1) is 0 Å². The molecule has 0 aromatic carbocycles. The van der Waals surface area contributed by atoms with E-state index in [9.17, 15) is 0 Å². The van der Waals surface area contributed by atoms with Gasteiger partial charge in [-0.05, 0) is 26.7 Å². The molecule has 0 heterocycles. The summed E-state index contributed by atoms with van der Waals surface area (Å²) >= 11 is 0. The van der Waals surface area contributed by atoms with Crippen LogP contribution in [-0.4, -0.2) is 11.7 Å². The van der Waals surface area contributed by atoms with Crippen LogP contribution in [0.2, 0.25) is 0 Å². The van der Waals surface area contributed by atoms with E-state index < -0.39 is 0 Å². The summed E-state index contributed by atoms with van der Waals surface area (Å²) in [5.41, 5.74) is 1.31. The van der Waals surface area contributed by atoms with Crippen molar-refractivity contribution in [2.75, 3.05) is 6.61 Å². The van der Waals surface area contributed by atoms with Crippen molar-refractivity contribution in [2.45, 2.75) is 26.7 Å². The van der Waals surface area contributed by atoms with E-state index in [4.69, 9.17) is 5.11 Å². The Morgan fingerprint density at radius 1 is 1.40 bits per heavy atom. The number of hydrogen-bond acceptors (Lipinski definition) is 1. The first-order chi connectivity index (χ1) is 4.77. The van der Waals surface area contributed by atoms with E-state index >= 15 is 0 Å². The average molecular weight is 140 g/mol. The standard InChI is InChI=1S/C9H16O/c1-9(2)7-5-3-4-6-8-10/h3,5,7,10H,4,6,8H2,1-2H3/b5-3+. The van der Waals surface area contributed by atoms with Crippen LogP contribution in [0.15, 0.2) is 23.8 Å². The number of aliphatic hydroxyl groups is 1. The smallest absolute Gasteiger partial charge is 0.0433 e. The fourth-order valence-electron chi connectivity index (χ4n) is 0.566. The molecule has 0 saturated carbocycles. The quantitative estimate of drug-likeness (QED) is 0.469. The first-order valence-corrected chi connectivity index (χ1v) is 3.68. The van der Waals surface area contributed by atoms with E-state index in [-0.39, 0.29) is 0 Å². The van der Waals surface area contributed by atoms with Crippen molar-refractivity contribution < 1.29 is 5.11 Å². The molecule has 0 bridgehead atoms. The van der Waals surface area contributed by atoms with Crippen LogP contribution < -0.4 is 0 Å². The molecular weight excluding hydrogens is 124 g/mol. The van der Waals surface area contributed by atoms with Gasteiger partial charge in [-0.15, -0.1) is 0 Å². The number of rotatable bonds is 4. The van der Waals surface area contributed by atoms with Crippen molar-refractivity contribution in [3.8, 4) is 0 Å². The van der Waals surface area contributed by atoms with E-state index in [0.29, 0.717) is 6.61 Å². The van der Waals surface area contributed by atoms with Gasteiger partial charge in [0.1, 0.15) is 0 Å². The topological polar surface area (TPSA) is 20.2 Å². The third kappa shape index (κ3) is 7.44. The van der Waals surface area contributed by atoms with Crippen molar-refractivity contribution in [3.63, 3.8) is 0 Å². The van der Waals surface area contributed by atoms with Gasteiger partial charge in [0, 0.05) is 6.61 Å². The Morgan fingerprint density at radius 3 is 2.60 bits per heavy atom. The van der Waals surface area contributed by atoms with Crippen LogP contribution in [0.1, 0.15) is 26.7 Å².